The second-order valence-electron chi connectivity index (χ2n) is 5.51. The molecule has 0 saturated carbocycles. The lowest BCUT2D eigenvalue weighted by atomic mass is 9.88. The van der Waals surface area contributed by atoms with Crippen molar-refractivity contribution in [2.45, 2.75) is 31.7 Å². The molecule has 1 heterocycles. The maximum atomic E-state index is 4.36. The third kappa shape index (κ3) is 3.13. The van der Waals surface area contributed by atoms with Crippen molar-refractivity contribution in [3.8, 4) is 0 Å². The summed E-state index contributed by atoms with van der Waals surface area (Å²) >= 11 is 3.55. The molecule has 106 valence electrons. The topological polar surface area (TPSA) is 29.9 Å². The van der Waals surface area contributed by atoms with E-state index in [9.17, 15) is 0 Å². The van der Waals surface area contributed by atoms with Gasteiger partial charge in [0.15, 0.2) is 0 Å². The Labute approximate surface area is 128 Å². The van der Waals surface area contributed by atoms with E-state index in [1.54, 1.807) is 0 Å². The number of aryl methyl sites for hydroxylation is 2. The summed E-state index contributed by atoms with van der Waals surface area (Å²) in [5.41, 5.74) is 3.00. The normalized spacial score (nSPS) is 18.0. The van der Waals surface area contributed by atoms with Gasteiger partial charge in [0.05, 0.1) is 0 Å². The molecule has 0 bridgehead atoms. The number of aromatic nitrogens is 2. The highest BCUT2D eigenvalue weighted by Crippen LogP contribution is 2.24. The van der Waals surface area contributed by atoms with Crippen molar-refractivity contribution in [2.24, 2.45) is 7.05 Å². The number of nitrogens with zero attached hydrogens (tertiary/aromatic N) is 2. The summed E-state index contributed by atoms with van der Waals surface area (Å²) < 4.78 is 3.28. The Morgan fingerprint density at radius 3 is 3.10 bits per heavy atom. The van der Waals surface area contributed by atoms with Gasteiger partial charge in [-0.05, 0) is 42.5 Å². The molecular formula is C16H20BrN3. The monoisotopic (exact) mass is 333 g/mol. The first-order valence-electron chi connectivity index (χ1n) is 7.19. The lowest BCUT2D eigenvalue weighted by Crippen LogP contribution is -2.36. The molecule has 1 aliphatic carbocycles. The van der Waals surface area contributed by atoms with E-state index in [4.69, 9.17) is 0 Å². The van der Waals surface area contributed by atoms with Crippen LogP contribution in [0.3, 0.4) is 0 Å². The summed E-state index contributed by atoms with van der Waals surface area (Å²) in [7, 11) is 2.05. The molecule has 3 rings (SSSR count). The summed E-state index contributed by atoms with van der Waals surface area (Å²) in [6, 6.07) is 7.27. The Balaban J connectivity index is 1.53. The molecule has 1 unspecified atom stereocenters. The van der Waals surface area contributed by atoms with Crippen LogP contribution in [0.4, 0.5) is 0 Å². The Kier molecular flexibility index (Phi) is 4.22. The maximum absolute atomic E-state index is 4.36. The van der Waals surface area contributed by atoms with Crippen molar-refractivity contribution in [3.63, 3.8) is 0 Å². The quantitative estimate of drug-likeness (QED) is 0.932. The molecule has 1 aliphatic rings. The molecule has 0 fully saturated rings. The maximum Gasteiger partial charge on any atom is 0.109 e. The van der Waals surface area contributed by atoms with E-state index < -0.39 is 0 Å². The molecule has 0 radical (unpaired) electrons. The van der Waals surface area contributed by atoms with Crippen LogP contribution in [0.25, 0.3) is 0 Å². The summed E-state index contributed by atoms with van der Waals surface area (Å²) in [4.78, 5) is 4.36. The zero-order valence-corrected chi connectivity index (χ0v) is 13.4. The predicted molar refractivity (Wildman–Crippen MR) is 84.9 cm³/mol. The van der Waals surface area contributed by atoms with Crippen molar-refractivity contribution < 1.29 is 0 Å². The lowest BCUT2D eigenvalue weighted by Gasteiger charge is -2.25. The molecule has 0 aliphatic heterocycles. The molecule has 2 aromatic rings. The Morgan fingerprint density at radius 1 is 1.40 bits per heavy atom. The molecule has 1 atom stereocenters. The highest BCUT2D eigenvalue weighted by atomic mass is 79.9. The van der Waals surface area contributed by atoms with Gasteiger partial charge in [-0.2, -0.15) is 0 Å². The summed E-state index contributed by atoms with van der Waals surface area (Å²) in [5, 5.41) is 3.68. The third-order valence-electron chi connectivity index (χ3n) is 4.10. The van der Waals surface area contributed by atoms with Gasteiger partial charge in [-0.3, -0.25) is 0 Å². The third-order valence-corrected chi connectivity index (χ3v) is 4.59. The van der Waals surface area contributed by atoms with E-state index >= 15 is 0 Å². The molecule has 1 aromatic carbocycles. The van der Waals surface area contributed by atoms with Gasteiger partial charge in [0.2, 0.25) is 0 Å². The van der Waals surface area contributed by atoms with E-state index in [0.717, 1.165) is 25.2 Å². The van der Waals surface area contributed by atoms with Crippen LogP contribution in [-0.2, 0) is 26.3 Å². The van der Waals surface area contributed by atoms with E-state index in [0.29, 0.717) is 6.04 Å². The minimum atomic E-state index is 0.601. The van der Waals surface area contributed by atoms with E-state index in [1.807, 2.05) is 12.4 Å². The van der Waals surface area contributed by atoms with Gasteiger partial charge in [-0.15, -0.1) is 0 Å². The van der Waals surface area contributed by atoms with Crippen LogP contribution in [0.15, 0.2) is 35.1 Å². The molecule has 1 N–H and O–H groups in total. The molecule has 4 heteroatoms. The van der Waals surface area contributed by atoms with Crippen LogP contribution in [-0.4, -0.2) is 22.1 Å². The first-order chi connectivity index (χ1) is 9.72. The van der Waals surface area contributed by atoms with Gasteiger partial charge in [-0.25, -0.2) is 4.98 Å². The molecule has 3 nitrogen and oxygen atoms in total. The van der Waals surface area contributed by atoms with Gasteiger partial charge in [0.1, 0.15) is 5.82 Å². The van der Waals surface area contributed by atoms with E-state index in [1.165, 1.54) is 28.4 Å². The van der Waals surface area contributed by atoms with Crippen molar-refractivity contribution in [2.75, 3.05) is 6.54 Å². The average molecular weight is 334 g/mol. The minimum Gasteiger partial charge on any atom is -0.338 e. The van der Waals surface area contributed by atoms with Gasteiger partial charge in [0.25, 0.3) is 0 Å². The fourth-order valence-corrected chi connectivity index (χ4v) is 3.33. The fraction of sp³-hybridized carbons (Fsp3) is 0.438. The molecule has 1 aromatic heterocycles. The molecule has 0 saturated heterocycles. The number of halogens is 1. The van der Waals surface area contributed by atoms with Gasteiger partial charge in [-0.1, -0.05) is 22.0 Å². The summed E-state index contributed by atoms with van der Waals surface area (Å²) in [6.07, 6.45) is 8.41. The zero-order chi connectivity index (χ0) is 13.9. The van der Waals surface area contributed by atoms with Gasteiger partial charge < -0.3 is 9.88 Å². The van der Waals surface area contributed by atoms with Crippen molar-refractivity contribution in [1.82, 2.24) is 14.9 Å². The van der Waals surface area contributed by atoms with Gasteiger partial charge >= 0.3 is 0 Å². The number of hydrogen-bond donors (Lipinski definition) is 1. The molecule has 0 spiro atoms. The highest BCUT2D eigenvalue weighted by molar-refractivity contribution is 9.10. The lowest BCUT2D eigenvalue weighted by molar-refractivity contribution is 0.458. The number of hydrogen-bond acceptors (Lipinski definition) is 2. The Bertz CT molecular complexity index is 591. The Morgan fingerprint density at radius 2 is 2.30 bits per heavy atom. The molecule has 20 heavy (non-hydrogen) atoms. The minimum absolute atomic E-state index is 0.601. The van der Waals surface area contributed by atoms with Crippen molar-refractivity contribution in [1.29, 1.82) is 0 Å². The fourth-order valence-electron chi connectivity index (χ4n) is 2.92. The van der Waals surface area contributed by atoms with Crippen LogP contribution in [0.5, 0.6) is 0 Å². The average Bonchev–Trinajstić information content (AvgIpc) is 2.85. The molecular weight excluding hydrogens is 314 g/mol. The summed E-state index contributed by atoms with van der Waals surface area (Å²) in [5.74, 6) is 1.15. The number of nitrogens with one attached hydrogen (secondary N) is 1. The van der Waals surface area contributed by atoms with Crippen LogP contribution in [0, 0.1) is 0 Å². The standard InChI is InChI=1S/C16H20BrN3/c1-20-9-8-19-16(20)6-7-18-15-5-3-12-10-14(17)4-2-13(12)11-15/h2,4,8-10,15,18H,3,5-7,11H2,1H3. The Hall–Kier alpha value is -1.13. The van der Waals surface area contributed by atoms with Crippen molar-refractivity contribution >= 4 is 15.9 Å². The predicted octanol–water partition coefficient (Wildman–Crippen LogP) is 2.87. The van der Waals surface area contributed by atoms with E-state index in [-0.39, 0.29) is 0 Å². The smallest absolute Gasteiger partial charge is 0.109 e. The largest absolute Gasteiger partial charge is 0.338 e. The van der Waals surface area contributed by atoms with Crippen LogP contribution < -0.4 is 5.32 Å². The van der Waals surface area contributed by atoms with E-state index in [2.05, 4.69) is 56.0 Å². The van der Waals surface area contributed by atoms with Crippen LogP contribution in [0.2, 0.25) is 0 Å². The SMILES string of the molecule is Cn1ccnc1CCNC1CCc2cc(Br)ccc2C1. The zero-order valence-electron chi connectivity index (χ0n) is 11.8. The second-order valence-corrected chi connectivity index (χ2v) is 6.43. The second kappa shape index (κ2) is 6.10. The molecule has 0 amide bonds. The van der Waals surface area contributed by atoms with Crippen LogP contribution >= 0.6 is 15.9 Å². The first-order valence-corrected chi connectivity index (χ1v) is 7.98. The highest BCUT2D eigenvalue weighted by Gasteiger charge is 2.18. The number of fused-ring (bicyclic) bond motifs is 1. The summed E-state index contributed by atoms with van der Waals surface area (Å²) in [6.45, 7) is 1.00. The number of imidazole rings is 1. The number of rotatable bonds is 4. The first kappa shape index (κ1) is 13.8. The van der Waals surface area contributed by atoms with Crippen molar-refractivity contribution in [3.05, 3.63) is 52.0 Å². The van der Waals surface area contributed by atoms with Gasteiger partial charge in [0, 0.05) is 42.9 Å². The number of benzene rings is 1. The van der Waals surface area contributed by atoms with Crippen LogP contribution in [0.1, 0.15) is 23.4 Å².